The summed E-state index contributed by atoms with van der Waals surface area (Å²) in [4.78, 5) is 24.1. The first kappa shape index (κ1) is 21.1. The molecule has 0 saturated carbocycles. The minimum absolute atomic E-state index is 0.0764. The lowest BCUT2D eigenvalue weighted by Crippen LogP contribution is -2.40. The molecule has 1 heterocycles. The maximum Gasteiger partial charge on any atom is 0.308 e. The van der Waals surface area contributed by atoms with Crippen molar-refractivity contribution in [3.63, 3.8) is 0 Å². The number of esters is 2. The van der Waals surface area contributed by atoms with Gasteiger partial charge in [0.25, 0.3) is 0 Å². The van der Waals surface area contributed by atoms with Crippen LogP contribution in [0.4, 0.5) is 0 Å². The number of rotatable bonds is 6. The van der Waals surface area contributed by atoms with Crippen LogP contribution in [0, 0.1) is 23.7 Å². The lowest BCUT2D eigenvalue weighted by atomic mass is 9.66. The van der Waals surface area contributed by atoms with Gasteiger partial charge >= 0.3 is 11.9 Å². The Morgan fingerprint density at radius 3 is 2.89 bits per heavy atom. The van der Waals surface area contributed by atoms with Gasteiger partial charge in [0.05, 0.1) is 18.4 Å². The van der Waals surface area contributed by atoms with Crippen LogP contribution in [-0.4, -0.2) is 35.4 Å². The van der Waals surface area contributed by atoms with Crippen molar-refractivity contribution in [3.05, 3.63) is 23.8 Å². The Kier molecular flexibility index (Phi) is 6.97. The Balaban J connectivity index is 1.70. The van der Waals surface area contributed by atoms with E-state index in [4.69, 9.17) is 9.47 Å². The summed E-state index contributed by atoms with van der Waals surface area (Å²) in [5.74, 6) is 0.426. The third-order valence-corrected chi connectivity index (χ3v) is 6.69. The molecule has 3 aliphatic rings. The van der Waals surface area contributed by atoms with Gasteiger partial charge in [0, 0.05) is 12.3 Å². The number of carbonyl (C=O) groups is 2. The predicted molar refractivity (Wildman–Crippen MR) is 106 cm³/mol. The number of aliphatic hydroxyl groups is 1. The Morgan fingerprint density at radius 2 is 2.18 bits per heavy atom. The Morgan fingerprint density at radius 1 is 1.39 bits per heavy atom. The number of hydrogen-bond donors (Lipinski definition) is 1. The smallest absolute Gasteiger partial charge is 0.308 e. The highest BCUT2D eigenvalue weighted by Crippen LogP contribution is 2.44. The molecule has 0 radical (unpaired) electrons. The van der Waals surface area contributed by atoms with E-state index < -0.39 is 6.10 Å². The van der Waals surface area contributed by atoms with Gasteiger partial charge in [-0.2, -0.15) is 0 Å². The molecule has 1 saturated heterocycles. The molecule has 156 valence electrons. The molecule has 0 bridgehead atoms. The van der Waals surface area contributed by atoms with Crippen LogP contribution in [0.3, 0.4) is 0 Å². The van der Waals surface area contributed by atoms with E-state index in [1.54, 1.807) is 0 Å². The van der Waals surface area contributed by atoms with E-state index in [2.05, 4.69) is 25.2 Å². The van der Waals surface area contributed by atoms with Crippen LogP contribution < -0.4 is 0 Å². The fraction of sp³-hybridized carbons (Fsp3) is 0.739. The van der Waals surface area contributed by atoms with Gasteiger partial charge in [-0.1, -0.05) is 39.0 Å². The molecular weight excluding hydrogens is 356 g/mol. The average Bonchev–Trinajstić information content (AvgIpc) is 2.66. The van der Waals surface area contributed by atoms with Gasteiger partial charge in [0.15, 0.2) is 0 Å². The first-order valence-corrected chi connectivity index (χ1v) is 10.8. The fourth-order valence-corrected chi connectivity index (χ4v) is 4.80. The van der Waals surface area contributed by atoms with Crippen LogP contribution in [0.15, 0.2) is 23.8 Å². The van der Waals surface area contributed by atoms with Crippen molar-refractivity contribution >= 4 is 11.9 Å². The van der Waals surface area contributed by atoms with Crippen molar-refractivity contribution in [1.82, 2.24) is 0 Å². The zero-order valence-electron chi connectivity index (χ0n) is 17.3. The molecule has 0 spiro atoms. The van der Waals surface area contributed by atoms with Gasteiger partial charge in [0.1, 0.15) is 12.2 Å². The van der Waals surface area contributed by atoms with E-state index in [0.717, 1.165) is 32.1 Å². The number of hydrogen-bond acceptors (Lipinski definition) is 5. The van der Waals surface area contributed by atoms with Crippen LogP contribution in [-0.2, 0) is 19.1 Å². The van der Waals surface area contributed by atoms with Gasteiger partial charge in [-0.25, -0.2) is 0 Å². The summed E-state index contributed by atoms with van der Waals surface area (Å²) >= 11 is 0. The van der Waals surface area contributed by atoms with Crippen LogP contribution in [0.5, 0.6) is 0 Å². The third kappa shape index (κ3) is 4.86. The van der Waals surface area contributed by atoms with Crippen LogP contribution in [0.1, 0.15) is 65.7 Å². The number of fused-ring (bicyclic) bond motifs is 1. The number of aliphatic hydroxyl groups excluding tert-OH is 1. The van der Waals surface area contributed by atoms with Crippen LogP contribution >= 0.6 is 0 Å². The van der Waals surface area contributed by atoms with Crippen molar-refractivity contribution in [2.45, 2.75) is 84.0 Å². The summed E-state index contributed by atoms with van der Waals surface area (Å²) in [5.41, 5.74) is 1.27. The summed E-state index contributed by atoms with van der Waals surface area (Å²) in [5, 5.41) is 9.86. The summed E-state index contributed by atoms with van der Waals surface area (Å²) in [6.07, 6.45) is 10.6. The molecule has 5 heteroatoms. The minimum atomic E-state index is -0.593. The molecule has 1 fully saturated rings. The van der Waals surface area contributed by atoms with E-state index >= 15 is 0 Å². The molecule has 5 nitrogen and oxygen atoms in total. The normalized spacial score (nSPS) is 36.1. The predicted octanol–water partition coefficient (Wildman–Crippen LogP) is 3.95. The van der Waals surface area contributed by atoms with Crippen molar-refractivity contribution in [2.24, 2.45) is 23.7 Å². The van der Waals surface area contributed by atoms with Crippen molar-refractivity contribution in [3.8, 4) is 0 Å². The lowest BCUT2D eigenvalue weighted by molar-refractivity contribution is -0.162. The molecular formula is C23H34O5. The molecule has 0 aromatic heterocycles. The quantitative estimate of drug-likeness (QED) is 0.695. The Hall–Kier alpha value is -1.62. The molecule has 0 aromatic rings. The van der Waals surface area contributed by atoms with E-state index in [0.29, 0.717) is 18.3 Å². The maximum absolute atomic E-state index is 12.4. The zero-order valence-corrected chi connectivity index (χ0v) is 17.3. The highest BCUT2D eigenvalue weighted by atomic mass is 16.5. The maximum atomic E-state index is 12.4. The highest BCUT2D eigenvalue weighted by Gasteiger charge is 2.40. The standard InChI is InChI=1S/C23H34O5/c1-4-14(2)23(26)28-20-7-5-6-16-9-8-15(3)19(22(16)20)11-10-18-12-17(24)13-21(25)27-18/h6,8-9,14-15,17-20,22,24H,4-5,7,10-13H2,1-3H3/t14?,15?,17-,18-,19?,20?,22+/m1/s1. The lowest BCUT2D eigenvalue weighted by Gasteiger charge is -2.42. The molecule has 0 aromatic carbocycles. The minimum Gasteiger partial charge on any atom is -0.462 e. The van der Waals surface area contributed by atoms with Crippen molar-refractivity contribution in [1.29, 1.82) is 0 Å². The highest BCUT2D eigenvalue weighted by molar-refractivity contribution is 5.72. The molecule has 7 atom stereocenters. The average molecular weight is 391 g/mol. The summed E-state index contributed by atoms with van der Waals surface area (Å²) in [7, 11) is 0. The molecule has 1 aliphatic heterocycles. The van der Waals surface area contributed by atoms with Gasteiger partial charge in [-0.05, 0) is 49.5 Å². The van der Waals surface area contributed by atoms with Crippen LogP contribution in [0.2, 0.25) is 0 Å². The molecule has 28 heavy (non-hydrogen) atoms. The first-order valence-electron chi connectivity index (χ1n) is 10.8. The third-order valence-electron chi connectivity index (χ3n) is 6.69. The number of ether oxygens (including phenoxy) is 2. The van der Waals surface area contributed by atoms with E-state index in [1.165, 1.54) is 5.57 Å². The Labute approximate surface area is 168 Å². The monoisotopic (exact) mass is 390 g/mol. The molecule has 0 amide bonds. The summed E-state index contributed by atoms with van der Waals surface area (Å²) in [6, 6.07) is 0. The van der Waals surface area contributed by atoms with Crippen LogP contribution in [0.25, 0.3) is 0 Å². The number of carbonyl (C=O) groups excluding carboxylic acids is 2. The number of allylic oxidation sites excluding steroid dienone is 3. The summed E-state index contributed by atoms with van der Waals surface area (Å²) < 4.78 is 11.4. The van der Waals surface area contributed by atoms with Gasteiger partial charge in [0.2, 0.25) is 0 Å². The fourth-order valence-electron chi connectivity index (χ4n) is 4.80. The topological polar surface area (TPSA) is 72.8 Å². The van der Waals surface area contributed by atoms with E-state index in [9.17, 15) is 14.7 Å². The second kappa shape index (κ2) is 9.25. The SMILES string of the molecule is CCC(C)C(=O)OC1CCC=C2C=CC(C)C(CC[C@@H]3C[C@@H](O)CC(=O)O3)[C@H]21. The van der Waals surface area contributed by atoms with Gasteiger partial charge in [-0.15, -0.1) is 0 Å². The molecule has 3 rings (SSSR count). The van der Waals surface area contributed by atoms with Gasteiger partial charge < -0.3 is 14.6 Å². The first-order chi connectivity index (χ1) is 13.4. The van der Waals surface area contributed by atoms with Gasteiger partial charge in [-0.3, -0.25) is 9.59 Å². The molecule has 2 aliphatic carbocycles. The molecule has 1 N–H and O–H groups in total. The largest absolute Gasteiger partial charge is 0.462 e. The zero-order chi connectivity index (χ0) is 20.3. The second-order valence-corrected chi connectivity index (χ2v) is 8.76. The number of cyclic esters (lactones) is 1. The van der Waals surface area contributed by atoms with E-state index in [-0.39, 0.29) is 42.4 Å². The molecule has 4 unspecified atom stereocenters. The Bertz CT molecular complexity index is 637. The van der Waals surface area contributed by atoms with Crippen molar-refractivity contribution < 1.29 is 24.2 Å². The van der Waals surface area contributed by atoms with E-state index in [1.807, 2.05) is 13.8 Å². The summed E-state index contributed by atoms with van der Waals surface area (Å²) in [6.45, 7) is 6.14. The van der Waals surface area contributed by atoms with Crippen molar-refractivity contribution in [2.75, 3.05) is 0 Å². The second-order valence-electron chi connectivity index (χ2n) is 8.76.